The van der Waals surface area contributed by atoms with E-state index in [2.05, 4.69) is 20.2 Å². The number of amides is 1. The van der Waals surface area contributed by atoms with Gasteiger partial charge in [0.05, 0.1) is 23.8 Å². The van der Waals surface area contributed by atoms with Crippen molar-refractivity contribution in [1.29, 1.82) is 0 Å². The van der Waals surface area contributed by atoms with E-state index in [-0.39, 0.29) is 18.1 Å². The van der Waals surface area contributed by atoms with Crippen molar-refractivity contribution in [2.24, 2.45) is 0 Å². The molecule has 0 saturated carbocycles. The summed E-state index contributed by atoms with van der Waals surface area (Å²) >= 11 is 7.41. The maximum absolute atomic E-state index is 12.5. The second-order valence-electron chi connectivity index (χ2n) is 6.48. The normalized spacial score (nSPS) is 19.5. The van der Waals surface area contributed by atoms with Crippen molar-refractivity contribution < 1.29 is 19.1 Å². The molecule has 152 valence electrons. The number of methoxy groups -OCH3 is 1. The molecule has 1 saturated heterocycles. The number of aromatic amines is 1. The standard InChI is InChI=1S/C18H23ClN4O4S/c1-4-27-17(25)14-9-28-18(22-14)23-6-5-12(15(8-23)26-3)21-16(24)13-7-11(19)10(2)20-13/h7,9,12,15,20H,4-6,8H2,1-3H3,(H,21,24)/t12-,15+/m1/s1. The van der Waals surface area contributed by atoms with E-state index in [1.807, 2.05) is 6.92 Å². The molecule has 1 aliphatic heterocycles. The number of rotatable bonds is 6. The van der Waals surface area contributed by atoms with Gasteiger partial charge in [-0.15, -0.1) is 11.3 Å². The number of carbonyl (C=O) groups is 2. The number of ether oxygens (including phenoxy) is 2. The molecule has 1 fully saturated rings. The minimum absolute atomic E-state index is 0.138. The Balaban J connectivity index is 1.63. The van der Waals surface area contributed by atoms with Gasteiger partial charge in [-0.2, -0.15) is 0 Å². The molecule has 8 nitrogen and oxygen atoms in total. The molecule has 1 aliphatic rings. The average Bonchev–Trinajstić information content (AvgIpc) is 3.30. The van der Waals surface area contributed by atoms with Gasteiger partial charge in [0.2, 0.25) is 0 Å². The minimum atomic E-state index is -0.421. The lowest BCUT2D eigenvalue weighted by Gasteiger charge is -2.37. The molecular weight excluding hydrogens is 404 g/mol. The number of H-pyrrole nitrogens is 1. The fourth-order valence-corrected chi connectivity index (χ4v) is 4.09. The molecule has 0 aliphatic carbocycles. The molecule has 2 aromatic rings. The highest BCUT2D eigenvalue weighted by atomic mass is 35.5. The van der Waals surface area contributed by atoms with Crippen LogP contribution in [-0.4, -0.2) is 60.8 Å². The van der Waals surface area contributed by atoms with Crippen LogP contribution in [0.25, 0.3) is 0 Å². The molecule has 0 spiro atoms. The number of nitrogens with zero attached hydrogens (tertiary/aromatic N) is 2. The summed E-state index contributed by atoms with van der Waals surface area (Å²) in [7, 11) is 1.62. The Morgan fingerprint density at radius 3 is 2.93 bits per heavy atom. The highest BCUT2D eigenvalue weighted by Crippen LogP contribution is 2.26. The molecule has 2 atom stereocenters. The molecule has 3 heterocycles. The second kappa shape index (κ2) is 8.93. The Morgan fingerprint density at radius 1 is 1.50 bits per heavy atom. The van der Waals surface area contributed by atoms with Crippen LogP contribution in [0.5, 0.6) is 0 Å². The lowest BCUT2D eigenvalue weighted by atomic mass is 10.0. The van der Waals surface area contributed by atoms with Gasteiger partial charge in [0.15, 0.2) is 10.8 Å². The number of carbonyl (C=O) groups excluding carboxylic acids is 2. The summed E-state index contributed by atoms with van der Waals surface area (Å²) in [6.45, 7) is 5.13. The summed E-state index contributed by atoms with van der Waals surface area (Å²) < 4.78 is 10.6. The van der Waals surface area contributed by atoms with Gasteiger partial charge in [0, 0.05) is 31.3 Å². The number of piperidine rings is 1. The SMILES string of the molecule is CCOC(=O)c1csc(N2CC[C@@H](NC(=O)c3cc(Cl)c(C)[nH]3)[C@@H](OC)C2)n1. The molecule has 2 aromatic heterocycles. The van der Waals surface area contributed by atoms with E-state index in [0.29, 0.717) is 42.5 Å². The first-order valence-electron chi connectivity index (χ1n) is 8.99. The maximum Gasteiger partial charge on any atom is 0.357 e. The predicted octanol–water partition coefficient (Wildman–Crippen LogP) is 2.63. The third kappa shape index (κ3) is 4.48. The molecule has 0 unspecified atom stereocenters. The van der Waals surface area contributed by atoms with Crippen LogP contribution in [0.2, 0.25) is 5.02 Å². The highest BCUT2D eigenvalue weighted by molar-refractivity contribution is 7.13. The Bertz CT molecular complexity index is 833. The summed E-state index contributed by atoms with van der Waals surface area (Å²) in [6.07, 6.45) is 0.477. The van der Waals surface area contributed by atoms with E-state index in [9.17, 15) is 9.59 Å². The molecule has 1 amide bonds. The Labute approximate surface area is 172 Å². The van der Waals surface area contributed by atoms with Crippen molar-refractivity contribution in [2.75, 3.05) is 31.7 Å². The number of thiazole rings is 1. The molecule has 3 rings (SSSR count). The van der Waals surface area contributed by atoms with E-state index in [4.69, 9.17) is 21.1 Å². The number of hydrogen-bond acceptors (Lipinski definition) is 7. The van der Waals surface area contributed by atoms with Gasteiger partial charge in [0.25, 0.3) is 5.91 Å². The highest BCUT2D eigenvalue weighted by Gasteiger charge is 2.32. The lowest BCUT2D eigenvalue weighted by molar-refractivity contribution is 0.0517. The molecule has 0 bridgehead atoms. The minimum Gasteiger partial charge on any atom is -0.461 e. The number of nitrogens with one attached hydrogen (secondary N) is 2. The zero-order chi connectivity index (χ0) is 20.3. The zero-order valence-electron chi connectivity index (χ0n) is 16.0. The van der Waals surface area contributed by atoms with Gasteiger partial charge >= 0.3 is 5.97 Å². The monoisotopic (exact) mass is 426 g/mol. The Hall–Kier alpha value is -2.10. The van der Waals surface area contributed by atoms with E-state index >= 15 is 0 Å². The molecule has 2 N–H and O–H groups in total. The number of hydrogen-bond donors (Lipinski definition) is 2. The summed E-state index contributed by atoms with van der Waals surface area (Å²) in [5, 5.41) is 5.98. The van der Waals surface area contributed by atoms with Crippen LogP contribution < -0.4 is 10.2 Å². The van der Waals surface area contributed by atoms with Gasteiger partial charge in [-0.1, -0.05) is 11.6 Å². The number of aromatic nitrogens is 2. The second-order valence-corrected chi connectivity index (χ2v) is 7.72. The van der Waals surface area contributed by atoms with Crippen molar-refractivity contribution >= 4 is 39.9 Å². The molecular formula is C18H23ClN4O4S. The number of aryl methyl sites for hydroxylation is 1. The summed E-state index contributed by atoms with van der Waals surface area (Å²) in [5.41, 5.74) is 1.50. The van der Waals surface area contributed by atoms with Gasteiger partial charge < -0.3 is 24.7 Å². The molecule has 10 heteroatoms. The number of esters is 1. The summed E-state index contributed by atoms with van der Waals surface area (Å²) in [5.74, 6) is -0.635. The third-order valence-electron chi connectivity index (χ3n) is 4.62. The zero-order valence-corrected chi connectivity index (χ0v) is 17.5. The van der Waals surface area contributed by atoms with Crippen molar-refractivity contribution in [3.63, 3.8) is 0 Å². The van der Waals surface area contributed by atoms with Crippen molar-refractivity contribution in [2.45, 2.75) is 32.4 Å². The Kier molecular flexibility index (Phi) is 6.58. The van der Waals surface area contributed by atoms with Crippen LogP contribution >= 0.6 is 22.9 Å². The van der Waals surface area contributed by atoms with Crippen molar-refractivity contribution in [3.05, 3.63) is 33.6 Å². The van der Waals surface area contributed by atoms with Crippen LogP contribution in [0.15, 0.2) is 11.4 Å². The predicted molar refractivity (Wildman–Crippen MR) is 107 cm³/mol. The van der Waals surface area contributed by atoms with Crippen LogP contribution in [-0.2, 0) is 9.47 Å². The quantitative estimate of drug-likeness (QED) is 0.689. The summed E-state index contributed by atoms with van der Waals surface area (Å²) in [4.78, 5) is 33.7. The van der Waals surface area contributed by atoms with E-state index in [1.54, 1.807) is 25.5 Å². The van der Waals surface area contributed by atoms with E-state index in [0.717, 1.165) is 10.8 Å². The first-order valence-corrected chi connectivity index (χ1v) is 10.2. The van der Waals surface area contributed by atoms with E-state index < -0.39 is 5.97 Å². The van der Waals surface area contributed by atoms with Crippen molar-refractivity contribution in [1.82, 2.24) is 15.3 Å². The first-order chi connectivity index (χ1) is 13.4. The van der Waals surface area contributed by atoms with Crippen LogP contribution in [0.1, 0.15) is 40.0 Å². The van der Waals surface area contributed by atoms with Crippen LogP contribution in [0, 0.1) is 6.92 Å². The van der Waals surface area contributed by atoms with Crippen molar-refractivity contribution in [3.8, 4) is 0 Å². The molecule has 0 radical (unpaired) electrons. The van der Waals surface area contributed by atoms with Gasteiger partial charge in [-0.25, -0.2) is 9.78 Å². The van der Waals surface area contributed by atoms with Crippen LogP contribution in [0.3, 0.4) is 0 Å². The van der Waals surface area contributed by atoms with Gasteiger partial charge in [-0.05, 0) is 26.3 Å². The fraction of sp³-hybridized carbons (Fsp3) is 0.500. The topological polar surface area (TPSA) is 96.6 Å². The third-order valence-corrected chi connectivity index (χ3v) is 5.92. The van der Waals surface area contributed by atoms with E-state index in [1.165, 1.54) is 11.3 Å². The average molecular weight is 427 g/mol. The molecule has 28 heavy (non-hydrogen) atoms. The molecule has 0 aromatic carbocycles. The largest absolute Gasteiger partial charge is 0.461 e. The summed E-state index contributed by atoms with van der Waals surface area (Å²) in [6, 6.07) is 1.48. The lowest BCUT2D eigenvalue weighted by Crippen LogP contribution is -2.55. The number of halogens is 1. The number of anilines is 1. The Morgan fingerprint density at radius 2 is 2.29 bits per heavy atom. The first kappa shape index (κ1) is 20.6. The van der Waals surface area contributed by atoms with Crippen LogP contribution in [0.4, 0.5) is 5.13 Å². The smallest absolute Gasteiger partial charge is 0.357 e. The van der Waals surface area contributed by atoms with Gasteiger partial charge in [-0.3, -0.25) is 4.79 Å². The van der Waals surface area contributed by atoms with Gasteiger partial charge in [0.1, 0.15) is 5.69 Å². The fourth-order valence-electron chi connectivity index (χ4n) is 3.10. The maximum atomic E-state index is 12.5.